The second-order valence-corrected chi connectivity index (χ2v) is 3.35. The van der Waals surface area contributed by atoms with Crippen molar-refractivity contribution in [2.45, 2.75) is 0 Å². The Bertz CT molecular complexity index is 382. The summed E-state index contributed by atoms with van der Waals surface area (Å²) in [5, 5.41) is 8.69. The van der Waals surface area contributed by atoms with E-state index in [4.69, 9.17) is 5.26 Å². The Balaban J connectivity index is 3.25. The van der Waals surface area contributed by atoms with Gasteiger partial charge in [0.1, 0.15) is 6.07 Å². The Labute approximate surface area is 89.5 Å². The molecule has 0 unspecified atom stereocenters. The van der Waals surface area contributed by atoms with Crippen molar-refractivity contribution in [1.82, 2.24) is 0 Å². The highest BCUT2D eigenvalue weighted by Crippen LogP contribution is 2.17. The monoisotopic (exact) mass is 287 g/mol. The molecule has 0 bridgehead atoms. The van der Waals surface area contributed by atoms with Crippen molar-refractivity contribution in [3.8, 4) is 6.07 Å². The van der Waals surface area contributed by atoms with E-state index in [1.807, 2.05) is 28.7 Å². The summed E-state index contributed by atoms with van der Waals surface area (Å²) in [6, 6.07) is 6.95. The largest absolute Gasteiger partial charge is 0.465 e. The fourth-order valence-electron chi connectivity index (χ4n) is 0.886. The van der Waals surface area contributed by atoms with Crippen molar-refractivity contribution in [3.05, 3.63) is 32.9 Å². The van der Waals surface area contributed by atoms with Gasteiger partial charge in [-0.3, -0.25) is 0 Å². The minimum atomic E-state index is -0.415. The van der Waals surface area contributed by atoms with E-state index in [1.165, 1.54) is 7.11 Å². The lowest BCUT2D eigenvalue weighted by atomic mass is 10.1. The molecule has 0 aliphatic heterocycles. The van der Waals surface area contributed by atoms with Crippen molar-refractivity contribution in [2.75, 3.05) is 7.11 Å². The molecule has 0 radical (unpaired) electrons. The number of esters is 1. The molecule has 0 aromatic heterocycles. The van der Waals surface area contributed by atoms with Crippen LogP contribution in [-0.4, -0.2) is 13.1 Å². The van der Waals surface area contributed by atoms with E-state index in [2.05, 4.69) is 4.74 Å². The zero-order valence-corrected chi connectivity index (χ0v) is 9.03. The van der Waals surface area contributed by atoms with E-state index in [0.29, 0.717) is 14.7 Å². The summed E-state index contributed by atoms with van der Waals surface area (Å²) in [5.41, 5.74) is 0.922. The summed E-state index contributed by atoms with van der Waals surface area (Å²) in [4.78, 5) is 11.2. The normalized spacial score (nSPS) is 9.00. The average molecular weight is 287 g/mol. The fourth-order valence-corrected chi connectivity index (χ4v) is 1.59. The molecule has 0 spiro atoms. The number of carbonyl (C=O) groups excluding carboxylic acids is 1. The zero-order valence-electron chi connectivity index (χ0n) is 6.87. The van der Waals surface area contributed by atoms with Gasteiger partial charge in [0, 0.05) is 3.57 Å². The summed E-state index contributed by atoms with van der Waals surface area (Å²) >= 11 is 1.96. The van der Waals surface area contributed by atoms with Crippen molar-refractivity contribution in [1.29, 1.82) is 5.26 Å². The topological polar surface area (TPSA) is 50.1 Å². The van der Waals surface area contributed by atoms with Crippen LogP contribution in [-0.2, 0) is 4.74 Å². The number of nitrogens with zero attached hydrogens (tertiary/aromatic N) is 1. The number of carbonyl (C=O) groups is 1. The van der Waals surface area contributed by atoms with Gasteiger partial charge in [0.25, 0.3) is 0 Å². The lowest BCUT2D eigenvalue weighted by Gasteiger charge is -2.02. The molecular formula is C9H6INO2. The molecule has 0 amide bonds. The van der Waals surface area contributed by atoms with Crippen LogP contribution in [0.5, 0.6) is 0 Å². The summed E-state index contributed by atoms with van der Waals surface area (Å²) in [6.45, 7) is 0. The van der Waals surface area contributed by atoms with Gasteiger partial charge in [0.15, 0.2) is 0 Å². The highest BCUT2D eigenvalue weighted by atomic mass is 127. The van der Waals surface area contributed by atoms with E-state index < -0.39 is 5.97 Å². The predicted octanol–water partition coefficient (Wildman–Crippen LogP) is 1.95. The number of hydrogen-bond acceptors (Lipinski definition) is 3. The van der Waals surface area contributed by atoms with E-state index >= 15 is 0 Å². The molecular weight excluding hydrogens is 281 g/mol. The third-order valence-corrected chi connectivity index (χ3v) is 2.69. The van der Waals surface area contributed by atoms with E-state index in [9.17, 15) is 4.79 Å². The van der Waals surface area contributed by atoms with Gasteiger partial charge >= 0.3 is 5.97 Å². The van der Waals surface area contributed by atoms with Gasteiger partial charge in [-0.05, 0) is 34.7 Å². The van der Waals surface area contributed by atoms with E-state index in [1.54, 1.807) is 18.2 Å². The molecule has 66 valence electrons. The Morgan fingerprint density at radius 2 is 2.31 bits per heavy atom. The fraction of sp³-hybridized carbons (Fsp3) is 0.111. The molecule has 1 aromatic carbocycles. The number of halogens is 1. The van der Waals surface area contributed by atoms with Crippen LogP contribution in [0.3, 0.4) is 0 Å². The van der Waals surface area contributed by atoms with Gasteiger partial charge < -0.3 is 4.74 Å². The van der Waals surface area contributed by atoms with Crippen LogP contribution < -0.4 is 0 Å². The van der Waals surface area contributed by atoms with Crippen LogP contribution >= 0.6 is 22.6 Å². The molecule has 0 aliphatic rings. The number of hydrogen-bond donors (Lipinski definition) is 0. The Hall–Kier alpha value is -1.09. The molecule has 1 rings (SSSR count). The van der Waals surface area contributed by atoms with Gasteiger partial charge in [-0.25, -0.2) is 4.79 Å². The SMILES string of the molecule is COC(=O)c1cccc(C#N)c1I. The first kappa shape index (κ1) is 9.99. The Kier molecular flexibility index (Phi) is 3.25. The lowest BCUT2D eigenvalue weighted by molar-refractivity contribution is 0.0599. The zero-order chi connectivity index (χ0) is 9.84. The Morgan fingerprint density at radius 1 is 1.62 bits per heavy atom. The number of ether oxygens (including phenoxy) is 1. The predicted molar refractivity (Wildman–Crippen MR) is 55.2 cm³/mol. The van der Waals surface area contributed by atoms with Crippen LogP contribution in [0.2, 0.25) is 0 Å². The van der Waals surface area contributed by atoms with Crippen LogP contribution in [0, 0.1) is 14.9 Å². The number of rotatable bonds is 1. The maximum absolute atomic E-state index is 11.2. The summed E-state index contributed by atoms with van der Waals surface area (Å²) < 4.78 is 5.20. The molecule has 0 heterocycles. The molecule has 0 atom stereocenters. The standard InChI is InChI=1S/C9H6INO2/c1-13-9(12)7-4-2-3-6(5-11)8(7)10/h2-4H,1H3. The molecule has 4 heteroatoms. The molecule has 0 aliphatic carbocycles. The maximum atomic E-state index is 11.2. The van der Waals surface area contributed by atoms with Gasteiger partial charge in [-0.1, -0.05) is 6.07 Å². The lowest BCUT2D eigenvalue weighted by Crippen LogP contribution is -2.04. The van der Waals surface area contributed by atoms with Crippen molar-refractivity contribution >= 4 is 28.6 Å². The number of nitriles is 1. The molecule has 0 saturated heterocycles. The summed E-state index contributed by atoms with van der Waals surface area (Å²) in [5.74, 6) is -0.415. The first-order valence-electron chi connectivity index (χ1n) is 3.47. The highest BCUT2D eigenvalue weighted by molar-refractivity contribution is 14.1. The highest BCUT2D eigenvalue weighted by Gasteiger charge is 2.12. The van der Waals surface area contributed by atoms with E-state index in [0.717, 1.165) is 0 Å². The van der Waals surface area contributed by atoms with E-state index in [-0.39, 0.29) is 0 Å². The molecule has 0 N–H and O–H groups in total. The van der Waals surface area contributed by atoms with Crippen LogP contribution in [0.25, 0.3) is 0 Å². The first-order chi connectivity index (χ1) is 6.20. The number of methoxy groups -OCH3 is 1. The second-order valence-electron chi connectivity index (χ2n) is 2.27. The molecule has 0 saturated carbocycles. The maximum Gasteiger partial charge on any atom is 0.338 e. The first-order valence-corrected chi connectivity index (χ1v) is 4.55. The average Bonchev–Trinajstić information content (AvgIpc) is 2.17. The van der Waals surface area contributed by atoms with Gasteiger partial charge in [-0.15, -0.1) is 0 Å². The van der Waals surface area contributed by atoms with Crippen molar-refractivity contribution in [3.63, 3.8) is 0 Å². The van der Waals surface area contributed by atoms with Crippen LogP contribution in [0.15, 0.2) is 18.2 Å². The van der Waals surface area contributed by atoms with Gasteiger partial charge in [0.2, 0.25) is 0 Å². The quantitative estimate of drug-likeness (QED) is 0.586. The van der Waals surface area contributed by atoms with Gasteiger partial charge in [-0.2, -0.15) is 5.26 Å². The van der Waals surface area contributed by atoms with Gasteiger partial charge in [0.05, 0.1) is 18.2 Å². The second kappa shape index (κ2) is 4.23. The molecule has 3 nitrogen and oxygen atoms in total. The third-order valence-electron chi connectivity index (χ3n) is 1.52. The minimum Gasteiger partial charge on any atom is -0.465 e. The van der Waals surface area contributed by atoms with Crippen LogP contribution in [0.1, 0.15) is 15.9 Å². The third kappa shape index (κ3) is 1.98. The van der Waals surface area contributed by atoms with Crippen LogP contribution in [0.4, 0.5) is 0 Å². The number of benzene rings is 1. The molecule has 13 heavy (non-hydrogen) atoms. The summed E-state index contributed by atoms with van der Waals surface area (Å²) in [7, 11) is 1.32. The minimum absolute atomic E-state index is 0.415. The summed E-state index contributed by atoms with van der Waals surface area (Å²) in [6.07, 6.45) is 0. The molecule has 0 fully saturated rings. The smallest absolute Gasteiger partial charge is 0.338 e. The van der Waals surface area contributed by atoms with Crippen molar-refractivity contribution < 1.29 is 9.53 Å². The van der Waals surface area contributed by atoms with Crippen molar-refractivity contribution in [2.24, 2.45) is 0 Å². The molecule has 1 aromatic rings. The Morgan fingerprint density at radius 3 is 2.85 bits per heavy atom.